The molecule has 0 amide bonds. The van der Waals surface area contributed by atoms with Crippen LogP contribution in [-0.2, 0) is 0 Å². The van der Waals surface area contributed by atoms with Crippen LogP contribution in [0.3, 0.4) is 0 Å². The highest BCUT2D eigenvalue weighted by Gasteiger charge is 2.13. The highest BCUT2D eigenvalue weighted by Crippen LogP contribution is 2.19. The van der Waals surface area contributed by atoms with Crippen LogP contribution in [0.15, 0.2) is 16.6 Å². The van der Waals surface area contributed by atoms with E-state index in [0.29, 0.717) is 0 Å². The van der Waals surface area contributed by atoms with E-state index in [2.05, 4.69) is 32.7 Å². The quantitative estimate of drug-likeness (QED) is 0.648. The maximum absolute atomic E-state index is 7.43. The Morgan fingerprint density at radius 2 is 2.24 bits per heavy atom. The number of rotatable bonds is 5. The fourth-order valence-electron chi connectivity index (χ4n) is 1.52. The van der Waals surface area contributed by atoms with E-state index in [1.807, 2.05) is 26.0 Å². The Labute approximate surface area is 111 Å². The van der Waals surface area contributed by atoms with Crippen molar-refractivity contribution in [3.8, 4) is 0 Å². The summed E-state index contributed by atoms with van der Waals surface area (Å²) in [6, 6.07) is 3.98. The molecule has 17 heavy (non-hydrogen) atoms. The molecule has 4 nitrogen and oxygen atoms in total. The maximum Gasteiger partial charge on any atom is 0.128 e. The molecule has 94 valence electrons. The lowest BCUT2D eigenvalue weighted by molar-refractivity contribution is 0.689. The smallest absolute Gasteiger partial charge is 0.128 e. The molecule has 0 spiro atoms. The molecule has 0 aliphatic heterocycles. The fraction of sp³-hybridized carbons (Fsp3) is 0.500. The van der Waals surface area contributed by atoms with Crippen LogP contribution in [0.5, 0.6) is 0 Å². The third-order valence-corrected chi connectivity index (χ3v) is 3.58. The normalized spacial score (nSPS) is 12.2. The zero-order chi connectivity index (χ0) is 13.0. The van der Waals surface area contributed by atoms with E-state index in [9.17, 15) is 0 Å². The topological polar surface area (TPSA) is 66.0 Å². The summed E-state index contributed by atoms with van der Waals surface area (Å²) in [7, 11) is 0. The summed E-state index contributed by atoms with van der Waals surface area (Å²) in [4.78, 5) is 6.65. The minimum atomic E-state index is 0.0423. The number of amidine groups is 1. The monoisotopic (exact) mass is 298 g/mol. The van der Waals surface area contributed by atoms with Crippen LogP contribution in [-0.4, -0.2) is 23.9 Å². The van der Waals surface area contributed by atoms with Gasteiger partial charge in [-0.05, 0) is 41.9 Å². The molecule has 0 bridgehead atoms. The molecule has 0 saturated heterocycles. The minimum absolute atomic E-state index is 0.0423. The first-order valence-electron chi connectivity index (χ1n) is 5.67. The number of aryl methyl sites for hydroxylation is 1. The molecule has 1 unspecified atom stereocenters. The van der Waals surface area contributed by atoms with Crippen LogP contribution in [0.1, 0.15) is 19.5 Å². The largest absolute Gasteiger partial charge is 0.387 e. The zero-order valence-electron chi connectivity index (χ0n) is 10.5. The van der Waals surface area contributed by atoms with Gasteiger partial charge in [-0.15, -0.1) is 0 Å². The van der Waals surface area contributed by atoms with Gasteiger partial charge in [0.15, 0.2) is 0 Å². The number of nitrogens with zero attached hydrogens (tertiary/aromatic N) is 2. The lowest BCUT2D eigenvalue weighted by Crippen LogP contribution is -2.35. The summed E-state index contributed by atoms with van der Waals surface area (Å²) in [5.74, 6) is 1.19. The van der Waals surface area contributed by atoms with Crippen LogP contribution in [0, 0.1) is 18.3 Å². The first kappa shape index (κ1) is 14.0. The van der Waals surface area contributed by atoms with Crippen LogP contribution in [0.2, 0.25) is 0 Å². The zero-order valence-corrected chi connectivity index (χ0v) is 12.1. The van der Waals surface area contributed by atoms with Crippen molar-refractivity contribution in [3.63, 3.8) is 0 Å². The number of hydrogen-bond acceptors (Lipinski definition) is 3. The second-order valence-electron chi connectivity index (χ2n) is 4.13. The highest BCUT2D eigenvalue weighted by molar-refractivity contribution is 9.10. The highest BCUT2D eigenvalue weighted by atomic mass is 79.9. The summed E-state index contributed by atoms with van der Waals surface area (Å²) in [6.07, 6.45) is 0. The number of anilines is 1. The van der Waals surface area contributed by atoms with Crippen molar-refractivity contribution in [1.82, 2.24) is 4.98 Å². The van der Waals surface area contributed by atoms with Gasteiger partial charge < -0.3 is 10.6 Å². The molecule has 1 aromatic heterocycles. The molecule has 1 atom stereocenters. The van der Waals surface area contributed by atoms with Gasteiger partial charge in [0, 0.05) is 23.5 Å². The van der Waals surface area contributed by atoms with Crippen molar-refractivity contribution < 1.29 is 0 Å². The third kappa shape index (κ3) is 3.70. The van der Waals surface area contributed by atoms with Crippen molar-refractivity contribution in [2.75, 3.05) is 18.0 Å². The van der Waals surface area contributed by atoms with E-state index in [1.54, 1.807) is 0 Å². The minimum Gasteiger partial charge on any atom is -0.387 e. The predicted molar refractivity (Wildman–Crippen MR) is 75.6 cm³/mol. The first-order chi connectivity index (χ1) is 7.95. The number of halogens is 1. The van der Waals surface area contributed by atoms with Gasteiger partial charge >= 0.3 is 0 Å². The molecule has 0 radical (unpaired) electrons. The summed E-state index contributed by atoms with van der Waals surface area (Å²) in [6.45, 7) is 7.57. The van der Waals surface area contributed by atoms with Gasteiger partial charge in [-0.1, -0.05) is 6.92 Å². The molecule has 3 N–H and O–H groups in total. The number of nitrogens with two attached hydrogens (primary N) is 1. The van der Waals surface area contributed by atoms with E-state index in [0.717, 1.165) is 29.1 Å². The molecule has 0 saturated carbocycles. The van der Waals surface area contributed by atoms with Gasteiger partial charge in [0.25, 0.3) is 0 Å². The second-order valence-corrected chi connectivity index (χ2v) is 4.99. The predicted octanol–water partition coefficient (Wildman–Crippen LogP) is 2.55. The summed E-state index contributed by atoms with van der Waals surface area (Å²) in [5, 5.41) is 7.43. The van der Waals surface area contributed by atoms with Gasteiger partial charge in [0.1, 0.15) is 5.82 Å². The molecular weight excluding hydrogens is 280 g/mol. The molecule has 1 aromatic rings. The summed E-state index contributed by atoms with van der Waals surface area (Å²) in [5.41, 5.74) is 6.47. The molecule has 1 rings (SSSR count). The Kier molecular flexibility index (Phi) is 4.93. The molecular formula is C12H19BrN4. The van der Waals surface area contributed by atoms with E-state index in [-0.39, 0.29) is 11.8 Å². The van der Waals surface area contributed by atoms with Gasteiger partial charge in [0.2, 0.25) is 0 Å². The van der Waals surface area contributed by atoms with E-state index >= 15 is 0 Å². The first-order valence-corrected chi connectivity index (χ1v) is 6.47. The van der Waals surface area contributed by atoms with Crippen molar-refractivity contribution in [2.24, 2.45) is 11.7 Å². The number of hydrogen-bond donors (Lipinski definition) is 2. The molecule has 0 aromatic carbocycles. The van der Waals surface area contributed by atoms with E-state index in [4.69, 9.17) is 11.1 Å². The second kappa shape index (κ2) is 6.00. The fourth-order valence-corrected chi connectivity index (χ4v) is 1.74. The van der Waals surface area contributed by atoms with Gasteiger partial charge in [-0.25, -0.2) is 4.98 Å². The molecule has 5 heteroatoms. The standard InChI is InChI=1S/C12H19BrN4/c1-4-17(7-8(2)12(14)15)11-6-5-10(13)9(3)16-11/h5-6,8H,4,7H2,1-3H3,(H3,14,15). The molecule has 0 fully saturated rings. The lowest BCUT2D eigenvalue weighted by Gasteiger charge is -2.25. The van der Waals surface area contributed by atoms with Crippen LogP contribution in [0.25, 0.3) is 0 Å². The summed E-state index contributed by atoms with van der Waals surface area (Å²) < 4.78 is 1.01. The average Bonchev–Trinajstić information content (AvgIpc) is 2.29. The van der Waals surface area contributed by atoms with E-state index in [1.165, 1.54) is 0 Å². The van der Waals surface area contributed by atoms with Crippen molar-refractivity contribution in [3.05, 3.63) is 22.3 Å². The van der Waals surface area contributed by atoms with Crippen LogP contribution in [0.4, 0.5) is 5.82 Å². The number of nitrogens with one attached hydrogen (secondary N) is 1. The van der Waals surface area contributed by atoms with Gasteiger partial charge in [-0.2, -0.15) is 0 Å². The van der Waals surface area contributed by atoms with Crippen molar-refractivity contribution in [1.29, 1.82) is 5.41 Å². The summed E-state index contributed by atoms with van der Waals surface area (Å²) >= 11 is 3.44. The molecule has 0 aliphatic carbocycles. The van der Waals surface area contributed by atoms with Gasteiger partial charge in [0.05, 0.1) is 11.5 Å². The van der Waals surface area contributed by atoms with Crippen molar-refractivity contribution >= 4 is 27.6 Å². The Morgan fingerprint density at radius 1 is 1.59 bits per heavy atom. The Balaban J connectivity index is 2.86. The Morgan fingerprint density at radius 3 is 2.71 bits per heavy atom. The SMILES string of the molecule is CCN(CC(C)C(=N)N)c1ccc(Br)c(C)n1. The van der Waals surface area contributed by atoms with E-state index < -0.39 is 0 Å². The average molecular weight is 299 g/mol. The Hall–Kier alpha value is -1.10. The maximum atomic E-state index is 7.43. The van der Waals surface area contributed by atoms with Crippen LogP contribution < -0.4 is 10.6 Å². The molecule has 0 aliphatic rings. The van der Waals surface area contributed by atoms with Crippen LogP contribution >= 0.6 is 15.9 Å². The Bertz CT molecular complexity index is 405. The number of pyridine rings is 1. The van der Waals surface area contributed by atoms with Crippen molar-refractivity contribution in [2.45, 2.75) is 20.8 Å². The third-order valence-electron chi connectivity index (χ3n) is 2.74. The molecule has 1 heterocycles. The lowest BCUT2D eigenvalue weighted by atomic mass is 10.1. The number of aromatic nitrogens is 1. The van der Waals surface area contributed by atoms with Gasteiger partial charge in [-0.3, -0.25) is 5.41 Å².